The van der Waals surface area contributed by atoms with Crippen LogP contribution in [0.5, 0.6) is 0 Å². The fourth-order valence-corrected chi connectivity index (χ4v) is 1.07. The van der Waals surface area contributed by atoms with Gasteiger partial charge in [-0.3, -0.25) is 4.31 Å². The molecule has 4 heteroatoms. The van der Waals surface area contributed by atoms with Crippen LogP contribution in [0.1, 0.15) is 0 Å². The molecule has 1 aliphatic heterocycles. The number of nitrogens with zero attached hydrogens (tertiary/aromatic N) is 3. The second-order valence-electron chi connectivity index (χ2n) is 1.80. The molecule has 3 nitrogen and oxygen atoms in total. The summed E-state index contributed by atoms with van der Waals surface area (Å²) < 4.78 is 1.86. The highest BCUT2D eigenvalue weighted by Crippen LogP contribution is 2.13. The molecule has 1 rings (SSSR count). The summed E-state index contributed by atoms with van der Waals surface area (Å²) in [4.78, 5) is 2.00. The van der Waals surface area contributed by atoms with Gasteiger partial charge in [0.2, 0.25) is 0 Å². The molecule has 0 amide bonds. The van der Waals surface area contributed by atoms with Crippen LogP contribution in [0, 0.1) is 10.7 Å². The molecule has 0 spiro atoms. The first-order chi connectivity index (χ1) is 4.33. The minimum atomic E-state index is 0.804. The number of hydrogen-bond donors (Lipinski definition) is 0. The monoisotopic (exact) mass is 141 g/mol. The zero-order valence-electron chi connectivity index (χ0n) is 5.11. The molecule has 1 aliphatic rings. The molecule has 0 fully saturated rings. The zero-order valence-corrected chi connectivity index (χ0v) is 5.93. The minimum absolute atomic E-state index is 0.804. The van der Waals surface area contributed by atoms with Crippen molar-refractivity contribution in [1.29, 1.82) is 5.26 Å². The Hall–Kier alpha value is -0.820. The van der Waals surface area contributed by atoms with Gasteiger partial charge in [0.15, 0.2) is 5.40 Å². The summed E-state index contributed by atoms with van der Waals surface area (Å²) >= 11 is 1.15. The summed E-state index contributed by atoms with van der Waals surface area (Å²) in [6, 6.07) is 0. The molecule has 0 N–H and O–H groups in total. The maximum Gasteiger partial charge on any atom is 0.156 e. The first-order valence-corrected chi connectivity index (χ1v) is 3.31. The van der Waals surface area contributed by atoms with Gasteiger partial charge in [-0.25, -0.2) is 0 Å². The highest BCUT2D eigenvalue weighted by atomic mass is 32.2. The Morgan fingerprint density at radius 1 is 1.67 bits per heavy atom. The normalized spacial score (nSPS) is 16.4. The van der Waals surface area contributed by atoms with E-state index >= 15 is 0 Å². The van der Waals surface area contributed by atoms with Gasteiger partial charge in [0.1, 0.15) is 6.67 Å². The van der Waals surface area contributed by atoms with Gasteiger partial charge in [-0.2, -0.15) is 5.26 Å². The predicted octanol–water partition coefficient (Wildman–Crippen LogP) is 0.792. The molecule has 0 aromatic carbocycles. The third-order valence-electron chi connectivity index (χ3n) is 1.01. The van der Waals surface area contributed by atoms with Crippen molar-refractivity contribution in [2.24, 2.45) is 0 Å². The van der Waals surface area contributed by atoms with Crippen molar-refractivity contribution in [1.82, 2.24) is 9.21 Å². The van der Waals surface area contributed by atoms with Gasteiger partial charge < -0.3 is 4.90 Å². The molecule has 0 radical (unpaired) electrons. The Morgan fingerprint density at radius 3 is 2.89 bits per heavy atom. The van der Waals surface area contributed by atoms with Gasteiger partial charge >= 0.3 is 0 Å². The third kappa shape index (κ3) is 1.54. The molecule has 0 saturated carbocycles. The van der Waals surface area contributed by atoms with Crippen LogP contribution >= 0.6 is 11.9 Å². The second-order valence-corrected chi connectivity index (χ2v) is 2.63. The van der Waals surface area contributed by atoms with Crippen LogP contribution in [0.3, 0.4) is 0 Å². The quantitative estimate of drug-likeness (QED) is 0.399. The number of rotatable bonds is 1. The molecule has 0 unspecified atom stereocenters. The van der Waals surface area contributed by atoms with Gasteiger partial charge in [0, 0.05) is 19.4 Å². The molecular formula is C5H7N3S. The van der Waals surface area contributed by atoms with E-state index < -0.39 is 0 Å². The van der Waals surface area contributed by atoms with Gasteiger partial charge in [0.25, 0.3) is 0 Å². The lowest BCUT2D eigenvalue weighted by molar-refractivity contribution is 0.410. The van der Waals surface area contributed by atoms with E-state index in [2.05, 4.69) is 0 Å². The Kier molecular flexibility index (Phi) is 1.85. The molecular weight excluding hydrogens is 134 g/mol. The second kappa shape index (κ2) is 2.65. The first kappa shape index (κ1) is 6.30. The fourth-order valence-electron chi connectivity index (χ4n) is 0.614. The maximum atomic E-state index is 8.23. The molecule has 0 atom stereocenters. The Labute approximate surface area is 58.7 Å². The van der Waals surface area contributed by atoms with E-state index in [4.69, 9.17) is 5.26 Å². The zero-order chi connectivity index (χ0) is 6.69. The maximum absolute atomic E-state index is 8.23. The van der Waals surface area contributed by atoms with Crippen LogP contribution < -0.4 is 0 Å². The van der Waals surface area contributed by atoms with E-state index in [1.165, 1.54) is 0 Å². The van der Waals surface area contributed by atoms with Crippen molar-refractivity contribution in [2.75, 3.05) is 13.7 Å². The van der Waals surface area contributed by atoms with Crippen LogP contribution in [-0.4, -0.2) is 22.9 Å². The average molecular weight is 141 g/mol. The van der Waals surface area contributed by atoms with Crippen molar-refractivity contribution in [2.45, 2.75) is 0 Å². The summed E-state index contributed by atoms with van der Waals surface area (Å²) in [5.41, 5.74) is 0. The summed E-state index contributed by atoms with van der Waals surface area (Å²) in [5.74, 6) is 0. The lowest BCUT2D eigenvalue weighted by Crippen LogP contribution is -2.15. The summed E-state index contributed by atoms with van der Waals surface area (Å²) in [5, 5.41) is 10.2. The molecule has 0 bridgehead atoms. The Balaban J connectivity index is 2.34. The molecule has 1 heterocycles. The Bertz CT molecular complexity index is 160. The first-order valence-electron chi connectivity index (χ1n) is 2.54. The SMILES string of the molecule is CN1C=CN(SC#N)C1. The topological polar surface area (TPSA) is 30.3 Å². The lowest BCUT2D eigenvalue weighted by Gasteiger charge is -2.11. The van der Waals surface area contributed by atoms with E-state index in [0.29, 0.717) is 0 Å². The number of nitriles is 1. The van der Waals surface area contributed by atoms with Gasteiger partial charge in [0.05, 0.1) is 11.9 Å². The molecule has 0 aromatic heterocycles. The van der Waals surface area contributed by atoms with Crippen LogP contribution in [-0.2, 0) is 0 Å². The molecule has 48 valence electrons. The largest absolute Gasteiger partial charge is 0.361 e. The van der Waals surface area contributed by atoms with Crippen molar-refractivity contribution in [3.63, 3.8) is 0 Å². The van der Waals surface area contributed by atoms with Gasteiger partial charge in [-0.15, -0.1) is 0 Å². The summed E-state index contributed by atoms with van der Waals surface area (Å²) in [6.07, 6.45) is 3.82. The number of thiocyanates is 1. The smallest absolute Gasteiger partial charge is 0.156 e. The fraction of sp³-hybridized carbons (Fsp3) is 0.400. The van der Waals surface area contributed by atoms with Gasteiger partial charge in [-0.05, 0) is 0 Å². The lowest BCUT2D eigenvalue weighted by atomic mass is 10.9. The standard InChI is InChI=1S/C5H7N3S/c1-7-2-3-8(5-7)9-4-6/h2-3H,5H2,1H3. The van der Waals surface area contributed by atoms with Crippen molar-refractivity contribution < 1.29 is 0 Å². The summed E-state index contributed by atoms with van der Waals surface area (Å²) in [7, 11) is 1.97. The highest BCUT2D eigenvalue weighted by Gasteiger charge is 2.06. The third-order valence-corrected chi connectivity index (χ3v) is 1.56. The van der Waals surface area contributed by atoms with E-state index in [-0.39, 0.29) is 0 Å². The van der Waals surface area contributed by atoms with Crippen LogP contribution in [0.2, 0.25) is 0 Å². The van der Waals surface area contributed by atoms with E-state index in [1.54, 1.807) is 0 Å². The molecule has 0 aliphatic carbocycles. The minimum Gasteiger partial charge on any atom is -0.361 e. The van der Waals surface area contributed by atoms with Crippen molar-refractivity contribution >= 4 is 11.9 Å². The van der Waals surface area contributed by atoms with Crippen LogP contribution in [0.4, 0.5) is 0 Å². The van der Waals surface area contributed by atoms with Crippen molar-refractivity contribution in [3.05, 3.63) is 12.4 Å². The van der Waals surface area contributed by atoms with E-state index in [1.807, 2.05) is 34.1 Å². The predicted molar refractivity (Wildman–Crippen MR) is 36.8 cm³/mol. The van der Waals surface area contributed by atoms with Crippen LogP contribution in [0.15, 0.2) is 12.4 Å². The van der Waals surface area contributed by atoms with Crippen molar-refractivity contribution in [3.8, 4) is 5.40 Å². The number of hydrogen-bond acceptors (Lipinski definition) is 4. The highest BCUT2D eigenvalue weighted by molar-refractivity contribution is 8.01. The summed E-state index contributed by atoms with van der Waals surface area (Å²) in [6.45, 7) is 0.804. The van der Waals surface area contributed by atoms with Crippen LogP contribution in [0.25, 0.3) is 0 Å². The molecule has 0 saturated heterocycles. The average Bonchev–Trinajstić information content (AvgIpc) is 2.17. The van der Waals surface area contributed by atoms with E-state index in [9.17, 15) is 0 Å². The molecule has 0 aromatic rings. The van der Waals surface area contributed by atoms with Gasteiger partial charge in [-0.1, -0.05) is 0 Å². The molecule has 9 heavy (non-hydrogen) atoms. The van der Waals surface area contributed by atoms with E-state index in [0.717, 1.165) is 18.6 Å². The Morgan fingerprint density at radius 2 is 2.44 bits per heavy atom.